The fraction of sp³-hybridized carbons (Fsp3) is 0.800. The Morgan fingerprint density at radius 1 is 1.80 bits per heavy atom. The van der Waals surface area contributed by atoms with Crippen LogP contribution in [-0.4, -0.2) is 34.7 Å². The first-order chi connectivity index (χ1) is 4.72. The fourth-order valence-electron chi connectivity index (χ4n) is 0.790. The number of hydrogen-bond donors (Lipinski definition) is 3. The highest BCUT2D eigenvalue weighted by Gasteiger charge is 2.16. The molecule has 1 rings (SSSR count). The van der Waals surface area contributed by atoms with Crippen LogP contribution in [0, 0.1) is 0 Å². The van der Waals surface area contributed by atoms with E-state index in [1.54, 1.807) is 11.8 Å². The Kier molecular flexibility index (Phi) is 2.42. The molecule has 1 fully saturated rings. The molecular weight excluding hydrogens is 150 g/mol. The first-order valence-corrected chi connectivity index (χ1v) is 3.56. The van der Waals surface area contributed by atoms with Gasteiger partial charge in [-0.1, -0.05) is 0 Å². The van der Waals surface area contributed by atoms with Crippen LogP contribution in [0.5, 0.6) is 0 Å². The van der Waals surface area contributed by atoms with E-state index < -0.39 is 6.23 Å². The summed E-state index contributed by atoms with van der Waals surface area (Å²) in [4.78, 5) is 1.67. The van der Waals surface area contributed by atoms with Gasteiger partial charge in [0, 0.05) is 0 Å². The van der Waals surface area contributed by atoms with Gasteiger partial charge in [-0.05, 0) is 19.1 Å². The molecule has 1 aliphatic rings. The van der Waals surface area contributed by atoms with Crippen LogP contribution in [0.15, 0.2) is 0 Å². The van der Waals surface area contributed by atoms with Crippen molar-refractivity contribution in [1.82, 2.24) is 15.5 Å². The molecule has 0 radical (unpaired) electrons. The highest BCUT2D eigenvalue weighted by molar-refractivity contribution is 7.80. The maximum Gasteiger partial charge on any atom is 0.173 e. The average molecular weight is 161 g/mol. The van der Waals surface area contributed by atoms with Crippen LogP contribution in [0.3, 0.4) is 0 Å². The molecule has 4 nitrogen and oxygen atoms in total. The van der Waals surface area contributed by atoms with Gasteiger partial charge in [0.1, 0.15) is 6.23 Å². The lowest BCUT2D eigenvalue weighted by Crippen LogP contribution is -2.56. The number of hydrogen-bond acceptors (Lipinski definition) is 3. The Labute approximate surface area is 65.2 Å². The maximum atomic E-state index is 9.11. The molecule has 1 saturated heterocycles. The molecule has 0 bridgehead atoms. The van der Waals surface area contributed by atoms with Crippen LogP contribution >= 0.6 is 12.2 Å². The van der Waals surface area contributed by atoms with Crippen molar-refractivity contribution in [1.29, 1.82) is 0 Å². The van der Waals surface area contributed by atoms with Crippen molar-refractivity contribution in [3.8, 4) is 0 Å². The van der Waals surface area contributed by atoms with Crippen LogP contribution in [0.25, 0.3) is 0 Å². The van der Waals surface area contributed by atoms with E-state index in [1.807, 2.05) is 0 Å². The smallest absolute Gasteiger partial charge is 0.173 e. The molecule has 0 amide bonds. The van der Waals surface area contributed by atoms with Crippen LogP contribution < -0.4 is 10.6 Å². The van der Waals surface area contributed by atoms with Crippen molar-refractivity contribution in [2.45, 2.75) is 13.2 Å². The third kappa shape index (κ3) is 1.56. The van der Waals surface area contributed by atoms with E-state index in [9.17, 15) is 0 Å². The van der Waals surface area contributed by atoms with Gasteiger partial charge in [0.15, 0.2) is 5.11 Å². The summed E-state index contributed by atoms with van der Waals surface area (Å²) in [5.74, 6) is 0. The SMILES string of the molecule is CC(O)N1CNCNC1=S. The molecule has 58 valence electrons. The molecule has 3 N–H and O–H groups in total. The zero-order valence-electron chi connectivity index (χ0n) is 5.79. The van der Waals surface area contributed by atoms with E-state index in [0.29, 0.717) is 18.4 Å². The van der Waals surface area contributed by atoms with E-state index in [0.717, 1.165) is 0 Å². The fourth-order valence-corrected chi connectivity index (χ4v) is 1.08. The zero-order valence-corrected chi connectivity index (χ0v) is 6.61. The van der Waals surface area contributed by atoms with Gasteiger partial charge in [0.2, 0.25) is 0 Å². The number of aliphatic hydroxyl groups is 1. The molecule has 0 spiro atoms. The normalized spacial score (nSPS) is 22.2. The van der Waals surface area contributed by atoms with E-state index in [1.165, 1.54) is 0 Å². The largest absolute Gasteiger partial charge is 0.374 e. The van der Waals surface area contributed by atoms with Gasteiger partial charge in [0.05, 0.1) is 13.3 Å². The molecular formula is C5H11N3OS. The first-order valence-electron chi connectivity index (χ1n) is 3.15. The average Bonchev–Trinajstić information content (AvgIpc) is 1.88. The van der Waals surface area contributed by atoms with Gasteiger partial charge in [-0.15, -0.1) is 0 Å². The third-order valence-corrected chi connectivity index (χ3v) is 1.74. The summed E-state index contributed by atoms with van der Waals surface area (Å²) < 4.78 is 0. The summed E-state index contributed by atoms with van der Waals surface area (Å²) >= 11 is 4.92. The standard InChI is InChI=1S/C5H11N3OS/c1-4(9)8-3-6-2-7-5(8)10/h4,6,9H,2-3H2,1H3,(H,7,10). The molecule has 0 saturated carbocycles. The monoisotopic (exact) mass is 161 g/mol. The molecule has 0 aromatic carbocycles. The Bertz CT molecular complexity index is 139. The van der Waals surface area contributed by atoms with Crippen molar-refractivity contribution < 1.29 is 5.11 Å². The molecule has 5 heteroatoms. The zero-order chi connectivity index (χ0) is 7.56. The molecule has 1 aliphatic heterocycles. The van der Waals surface area contributed by atoms with Crippen molar-refractivity contribution in [3.63, 3.8) is 0 Å². The molecule has 0 aliphatic carbocycles. The topological polar surface area (TPSA) is 47.5 Å². The van der Waals surface area contributed by atoms with Gasteiger partial charge >= 0.3 is 0 Å². The number of nitrogens with one attached hydrogen (secondary N) is 2. The summed E-state index contributed by atoms with van der Waals surface area (Å²) in [6.07, 6.45) is -0.521. The number of aliphatic hydroxyl groups excluding tert-OH is 1. The van der Waals surface area contributed by atoms with Crippen molar-refractivity contribution in [2.24, 2.45) is 0 Å². The van der Waals surface area contributed by atoms with Crippen molar-refractivity contribution >= 4 is 17.3 Å². The Balaban J connectivity index is 2.48. The van der Waals surface area contributed by atoms with Crippen LogP contribution in [0.1, 0.15) is 6.92 Å². The minimum atomic E-state index is -0.521. The molecule has 1 unspecified atom stereocenters. The first kappa shape index (κ1) is 7.71. The number of rotatable bonds is 1. The quantitative estimate of drug-likeness (QED) is 0.431. The Hall–Kier alpha value is -0.390. The van der Waals surface area contributed by atoms with Gasteiger partial charge in [-0.3, -0.25) is 5.32 Å². The third-order valence-electron chi connectivity index (χ3n) is 1.36. The summed E-state index contributed by atoms with van der Waals surface area (Å²) in [5, 5.41) is 15.6. The van der Waals surface area contributed by atoms with Gasteiger partial charge in [-0.25, -0.2) is 0 Å². The molecule has 0 aromatic heterocycles. The van der Waals surface area contributed by atoms with E-state index >= 15 is 0 Å². The second-order valence-electron chi connectivity index (χ2n) is 2.17. The number of nitrogens with zero attached hydrogens (tertiary/aromatic N) is 1. The highest BCUT2D eigenvalue weighted by atomic mass is 32.1. The predicted molar refractivity (Wildman–Crippen MR) is 42.1 cm³/mol. The lowest BCUT2D eigenvalue weighted by atomic mass is 10.5. The Morgan fingerprint density at radius 2 is 2.50 bits per heavy atom. The van der Waals surface area contributed by atoms with Crippen LogP contribution in [0.4, 0.5) is 0 Å². The minimum absolute atomic E-state index is 0.521. The maximum absolute atomic E-state index is 9.11. The molecule has 1 heterocycles. The minimum Gasteiger partial charge on any atom is -0.374 e. The Morgan fingerprint density at radius 3 is 2.90 bits per heavy atom. The molecule has 0 aromatic rings. The van der Waals surface area contributed by atoms with Crippen LogP contribution in [0.2, 0.25) is 0 Å². The van der Waals surface area contributed by atoms with Gasteiger partial charge < -0.3 is 15.3 Å². The molecule has 1 atom stereocenters. The van der Waals surface area contributed by atoms with Crippen molar-refractivity contribution in [3.05, 3.63) is 0 Å². The molecule has 10 heavy (non-hydrogen) atoms. The highest BCUT2D eigenvalue weighted by Crippen LogP contribution is 1.96. The van der Waals surface area contributed by atoms with Crippen LogP contribution in [-0.2, 0) is 0 Å². The predicted octanol–water partition coefficient (Wildman–Crippen LogP) is -0.981. The summed E-state index contributed by atoms with van der Waals surface area (Å²) in [7, 11) is 0. The van der Waals surface area contributed by atoms with Crippen molar-refractivity contribution in [2.75, 3.05) is 13.3 Å². The summed E-state index contributed by atoms with van der Waals surface area (Å²) in [6.45, 7) is 2.98. The van der Waals surface area contributed by atoms with E-state index in [2.05, 4.69) is 10.6 Å². The summed E-state index contributed by atoms with van der Waals surface area (Å²) in [5.41, 5.74) is 0. The number of thiocarbonyl (C=S) groups is 1. The van der Waals surface area contributed by atoms with E-state index in [4.69, 9.17) is 17.3 Å². The lowest BCUT2D eigenvalue weighted by molar-refractivity contribution is 0.0584. The van der Waals surface area contributed by atoms with Gasteiger partial charge in [-0.2, -0.15) is 0 Å². The van der Waals surface area contributed by atoms with Gasteiger partial charge in [0.25, 0.3) is 0 Å². The second-order valence-corrected chi connectivity index (χ2v) is 2.56. The summed E-state index contributed by atoms with van der Waals surface area (Å²) in [6, 6.07) is 0. The lowest BCUT2D eigenvalue weighted by Gasteiger charge is -2.32. The second kappa shape index (κ2) is 3.14. The van der Waals surface area contributed by atoms with E-state index in [-0.39, 0.29) is 0 Å².